The van der Waals surface area contributed by atoms with E-state index >= 15 is 0 Å². The van der Waals surface area contributed by atoms with Crippen molar-refractivity contribution < 1.29 is 22.1 Å². The Morgan fingerprint density at radius 3 is 2.26 bits per heavy atom. The van der Waals surface area contributed by atoms with Crippen LogP contribution >= 0.6 is 0 Å². The molecular formula is C24H23NO5S. The summed E-state index contributed by atoms with van der Waals surface area (Å²) in [4.78, 5) is 14.4. The molecule has 6 nitrogen and oxygen atoms in total. The van der Waals surface area contributed by atoms with E-state index in [4.69, 9.17) is 8.92 Å². The van der Waals surface area contributed by atoms with Gasteiger partial charge in [-0.1, -0.05) is 66.7 Å². The Morgan fingerprint density at radius 2 is 1.55 bits per heavy atom. The molecule has 1 saturated heterocycles. The van der Waals surface area contributed by atoms with Gasteiger partial charge in [0.1, 0.15) is 23.4 Å². The summed E-state index contributed by atoms with van der Waals surface area (Å²) in [7, 11) is -3.99. The normalized spacial score (nSPS) is 17.9. The molecule has 0 bridgehead atoms. The lowest BCUT2D eigenvalue weighted by Gasteiger charge is -2.37. The lowest BCUT2D eigenvalue weighted by Crippen LogP contribution is -2.44. The van der Waals surface area contributed by atoms with Crippen molar-refractivity contribution in [2.75, 3.05) is 13.2 Å². The van der Waals surface area contributed by atoms with Gasteiger partial charge >= 0.3 is 10.1 Å². The molecule has 2 atom stereocenters. The standard InChI is InChI=1S/C24H23NO5S/c1-18(19-10-4-2-5-11-19)25-16-23(29-17-24(25)26)21-14-8-9-15-22(21)30-31(27,28)20-12-6-3-7-13-20/h2-15,18,23H,16-17H2,1H3/t18-,23-/m0/s1. The van der Waals surface area contributed by atoms with Crippen LogP contribution in [-0.4, -0.2) is 32.4 Å². The van der Waals surface area contributed by atoms with E-state index in [1.165, 1.54) is 12.1 Å². The van der Waals surface area contributed by atoms with Crippen LogP contribution in [0.25, 0.3) is 0 Å². The van der Waals surface area contributed by atoms with E-state index in [0.29, 0.717) is 12.1 Å². The van der Waals surface area contributed by atoms with Gasteiger partial charge in [-0.15, -0.1) is 0 Å². The maximum atomic E-state index is 12.7. The summed E-state index contributed by atoms with van der Waals surface area (Å²) in [5.41, 5.74) is 1.60. The minimum absolute atomic E-state index is 0.0730. The molecule has 0 aromatic heterocycles. The second-order valence-corrected chi connectivity index (χ2v) is 8.87. The highest BCUT2D eigenvalue weighted by molar-refractivity contribution is 7.87. The maximum Gasteiger partial charge on any atom is 0.339 e. The highest BCUT2D eigenvalue weighted by atomic mass is 32.2. The Labute approximate surface area is 182 Å². The lowest BCUT2D eigenvalue weighted by molar-refractivity contribution is -0.152. The molecule has 1 heterocycles. The fourth-order valence-electron chi connectivity index (χ4n) is 3.64. The zero-order chi connectivity index (χ0) is 21.8. The van der Waals surface area contributed by atoms with Crippen molar-refractivity contribution in [3.8, 4) is 5.75 Å². The van der Waals surface area contributed by atoms with Gasteiger partial charge in [-0.3, -0.25) is 4.79 Å². The number of hydrogen-bond acceptors (Lipinski definition) is 5. The summed E-state index contributed by atoms with van der Waals surface area (Å²) >= 11 is 0. The lowest BCUT2D eigenvalue weighted by atomic mass is 10.0. The van der Waals surface area contributed by atoms with Gasteiger partial charge in [0.2, 0.25) is 5.91 Å². The number of benzene rings is 3. The number of rotatable bonds is 6. The summed E-state index contributed by atoms with van der Waals surface area (Å²) in [6.07, 6.45) is -0.508. The number of nitrogens with zero attached hydrogens (tertiary/aromatic N) is 1. The second-order valence-electron chi connectivity index (χ2n) is 7.32. The molecule has 4 rings (SSSR count). The fourth-order valence-corrected chi connectivity index (χ4v) is 4.61. The molecule has 0 aliphatic carbocycles. The van der Waals surface area contributed by atoms with Crippen molar-refractivity contribution in [2.24, 2.45) is 0 Å². The molecule has 0 N–H and O–H groups in total. The molecule has 1 amide bonds. The highest BCUT2D eigenvalue weighted by Gasteiger charge is 2.33. The van der Waals surface area contributed by atoms with E-state index < -0.39 is 16.2 Å². The SMILES string of the molecule is C[C@@H](c1ccccc1)N1C[C@@H](c2ccccc2OS(=O)(=O)c2ccccc2)OCC1=O. The number of morpholine rings is 1. The second kappa shape index (κ2) is 8.91. The molecule has 7 heteroatoms. The third kappa shape index (κ3) is 4.62. The van der Waals surface area contributed by atoms with E-state index in [2.05, 4.69) is 0 Å². The Balaban J connectivity index is 1.59. The zero-order valence-corrected chi connectivity index (χ0v) is 17.9. The Hall–Kier alpha value is -3.16. The first-order chi connectivity index (χ1) is 15.0. The quantitative estimate of drug-likeness (QED) is 0.543. The highest BCUT2D eigenvalue weighted by Crippen LogP contribution is 2.34. The van der Waals surface area contributed by atoms with Crippen molar-refractivity contribution in [1.29, 1.82) is 0 Å². The molecule has 0 saturated carbocycles. The van der Waals surface area contributed by atoms with Gasteiger partial charge in [-0.2, -0.15) is 8.42 Å². The summed E-state index contributed by atoms with van der Waals surface area (Å²) < 4.78 is 36.7. The van der Waals surface area contributed by atoms with Crippen molar-refractivity contribution in [3.63, 3.8) is 0 Å². The first-order valence-corrected chi connectivity index (χ1v) is 11.4. The molecule has 160 valence electrons. The van der Waals surface area contributed by atoms with Gasteiger partial charge < -0.3 is 13.8 Å². The first kappa shape index (κ1) is 21.1. The van der Waals surface area contributed by atoms with Crippen molar-refractivity contribution in [1.82, 2.24) is 4.90 Å². The van der Waals surface area contributed by atoms with E-state index in [9.17, 15) is 13.2 Å². The van der Waals surface area contributed by atoms with Crippen molar-refractivity contribution >= 4 is 16.0 Å². The molecule has 3 aromatic rings. The number of ether oxygens (including phenoxy) is 1. The average Bonchev–Trinajstić information content (AvgIpc) is 2.80. The van der Waals surface area contributed by atoms with Crippen LogP contribution in [0.15, 0.2) is 89.8 Å². The van der Waals surface area contributed by atoms with Crippen molar-refractivity contribution in [2.45, 2.75) is 24.0 Å². The topological polar surface area (TPSA) is 72.9 Å². The van der Waals surface area contributed by atoms with Crippen LogP contribution in [0.1, 0.15) is 30.2 Å². The zero-order valence-electron chi connectivity index (χ0n) is 17.0. The van der Waals surface area contributed by atoms with E-state index in [1.807, 2.05) is 37.3 Å². The minimum atomic E-state index is -3.99. The van der Waals surface area contributed by atoms with Gasteiger partial charge in [0.05, 0.1) is 12.6 Å². The molecule has 0 spiro atoms. The predicted octanol–water partition coefficient (Wildman–Crippen LogP) is 4.12. The minimum Gasteiger partial charge on any atom is -0.379 e. The van der Waals surface area contributed by atoms with Crippen LogP contribution in [0.3, 0.4) is 0 Å². The number of carbonyl (C=O) groups excluding carboxylic acids is 1. The number of amides is 1. The fraction of sp³-hybridized carbons (Fsp3) is 0.208. The molecule has 0 unspecified atom stereocenters. The van der Waals surface area contributed by atoms with Crippen molar-refractivity contribution in [3.05, 3.63) is 96.1 Å². The number of carbonyl (C=O) groups is 1. The predicted molar refractivity (Wildman–Crippen MR) is 116 cm³/mol. The molecular weight excluding hydrogens is 414 g/mol. The Bertz CT molecular complexity index is 1150. The first-order valence-electron chi connectivity index (χ1n) is 10.0. The molecule has 1 fully saturated rings. The Kier molecular flexibility index (Phi) is 6.06. The maximum absolute atomic E-state index is 12.7. The molecule has 1 aliphatic heterocycles. The van der Waals surface area contributed by atoms with Crippen LogP contribution in [0, 0.1) is 0 Å². The summed E-state index contributed by atoms with van der Waals surface area (Å²) in [6, 6.07) is 24.5. The van der Waals surface area contributed by atoms with Gasteiger partial charge in [-0.25, -0.2) is 0 Å². The average molecular weight is 438 g/mol. The third-order valence-electron chi connectivity index (χ3n) is 5.34. The Morgan fingerprint density at radius 1 is 0.935 bits per heavy atom. The molecule has 31 heavy (non-hydrogen) atoms. The van der Waals surface area contributed by atoms with Crippen LogP contribution < -0.4 is 4.18 Å². The summed E-state index contributed by atoms with van der Waals surface area (Å²) in [6.45, 7) is 2.18. The molecule has 3 aromatic carbocycles. The molecule has 0 radical (unpaired) electrons. The van der Waals surface area contributed by atoms with E-state index in [0.717, 1.165) is 5.56 Å². The summed E-state index contributed by atoms with van der Waals surface area (Å²) in [5, 5.41) is 0. The van der Waals surface area contributed by atoms with Crippen LogP contribution in [0.2, 0.25) is 0 Å². The van der Waals surface area contributed by atoms with Gasteiger partial charge in [0.15, 0.2) is 0 Å². The van der Waals surface area contributed by atoms with E-state index in [1.54, 1.807) is 47.4 Å². The third-order valence-corrected chi connectivity index (χ3v) is 6.59. The van der Waals surface area contributed by atoms with Gasteiger partial charge in [-0.05, 0) is 30.7 Å². The molecule has 1 aliphatic rings. The van der Waals surface area contributed by atoms with Crippen LogP contribution in [0.5, 0.6) is 5.75 Å². The van der Waals surface area contributed by atoms with Gasteiger partial charge in [0.25, 0.3) is 0 Å². The number of hydrogen-bond donors (Lipinski definition) is 0. The number of para-hydroxylation sites is 1. The smallest absolute Gasteiger partial charge is 0.339 e. The monoisotopic (exact) mass is 437 g/mol. The largest absolute Gasteiger partial charge is 0.379 e. The van der Waals surface area contributed by atoms with E-state index in [-0.39, 0.29) is 29.2 Å². The summed E-state index contributed by atoms with van der Waals surface area (Å²) in [5.74, 6) is 0.0842. The van der Waals surface area contributed by atoms with Gasteiger partial charge in [0, 0.05) is 5.56 Å². The van der Waals surface area contributed by atoms with Crippen LogP contribution in [-0.2, 0) is 19.6 Å². The van der Waals surface area contributed by atoms with Crippen LogP contribution in [0.4, 0.5) is 0 Å².